The molecule has 0 aromatic heterocycles. The largest absolute Gasteiger partial charge is 0.465 e. The van der Waals surface area contributed by atoms with Crippen LogP contribution in [0, 0.1) is 5.92 Å². The van der Waals surface area contributed by atoms with Gasteiger partial charge in [-0.2, -0.15) is 0 Å². The Morgan fingerprint density at radius 2 is 0.667 bits per heavy atom. The molecule has 0 saturated carbocycles. The van der Waals surface area contributed by atoms with E-state index >= 15 is 0 Å². The Morgan fingerprint density at radius 1 is 0.361 bits per heavy atom. The smallest absolute Gasteiger partial charge is 0.306 e. The number of rotatable bonds is 57. The monoisotopic (exact) mass is 1020 g/mol. The zero-order chi connectivity index (χ0) is 52.8. The second-order valence-corrected chi connectivity index (χ2v) is 21.4. The Kier molecular flexibility index (Phi) is 53.4. The van der Waals surface area contributed by atoms with E-state index in [1.807, 2.05) is 0 Å². The van der Waals surface area contributed by atoms with Crippen molar-refractivity contribution >= 4 is 23.9 Å². The van der Waals surface area contributed by atoms with Gasteiger partial charge in [-0.3, -0.25) is 19.2 Å². The van der Waals surface area contributed by atoms with Crippen LogP contribution in [-0.2, 0) is 38.1 Å². The SMILES string of the molecule is CCCCCCCCC(CCCCCCCC)OC(=O)CCCCCCC(=O)OCC(CNCCCCN(CC)CC)COC(=O)CCCCCCC(=O)OC(CCCCCCCC)CCCCCCCC. The highest BCUT2D eigenvalue weighted by Gasteiger charge is 2.18. The summed E-state index contributed by atoms with van der Waals surface area (Å²) >= 11 is 0. The molecule has 0 rings (SSSR count). The van der Waals surface area contributed by atoms with Crippen molar-refractivity contribution < 1.29 is 38.1 Å². The van der Waals surface area contributed by atoms with Crippen LogP contribution in [0.15, 0.2) is 0 Å². The molecular weight excluding hydrogens is 901 g/mol. The van der Waals surface area contributed by atoms with Gasteiger partial charge in [-0.05, 0) is 116 Å². The third-order valence-corrected chi connectivity index (χ3v) is 14.5. The van der Waals surface area contributed by atoms with Gasteiger partial charge in [-0.15, -0.1) is 0 Å². The van der Waals surface area contributed by atoms with Gasteiger partial charge in [-0.25, -0.2) is 0 Å². The molecule has 10 nitrogen and oxygen atoms in total. The number of esters is 4. The van der Waals surface area contributed by atoms with Crippen LogP contribution in [0.1, 0.15) is 311 Å². The summed E-state index contributed by atoms with van der Waals surface area (Å²) in [5.74, 6) is -0.736. The molecule has 10 heteroatoms. The fourth-order valence-electron chi connectivity index (χ4n) is 9.57. The van der Waals surface area contributed by atoms with Crippen LogP contribution in [0.4, 0.5) is 0 Å². The van der Waals surface area contributed by atoms with Crippen LogP contribution >= 0.6 is 0 Å². The Bertz CT molecular complexity index is 1090. The minimum atomic E-state index is -0.229. The molecule has 0 saturated heterocycles. The van der Waals surface area contributed by atoms with Gasteiger partial charge in [0.1, 0.15) is 12.2 Å². The zero-order valence-corrected chi connectivity index (χ0v) is 48.6. The Balaban J connectivity index is 4.74. The van der Waals surface area contributed by atoms with E-state index in [1.165, 1.54) is 128 Å². The van der Waals surface area contributed by atoms with Gasteiger partial charge in [0.05, 0.1) is 13.2 Å². The van der Waals surface area contributed by atoms with Crippen LogP contribution in [0.2, 0.25) is 0 Å². The molecule has 0 bridgehead atoms. The molecule has 0 heterocycles. The van der Waals surface area contributed by atoms with Crippen molar-refractivity contribution in [1.82, 2.24) is 10.2 Å². The molecule has 0 aliphatic carbocycles. The first-order valence-electron chi connectivity index (χ1n) is 31.4. The lowest BCUT2D eigenvalue weighted by Crippen LogP contribution is -2.32. The maximum Gasteiger partial charge on any atom is 0.306 e. The standard InChI is InChI=1S/C62H120N2O8/c1-7-13-17-21-25-33-43-57(44-34-26-22-18-14-8-2)71-61(67)49-39-31-29-37-47-59(65)69-54-56(53-63-51-41-42-52-64(11-5)12-6)55-70-60(66)48-38-30-32-40-50-62(68)72-58(45-35-27-23-19-15-9-3)46-36-28-24-20-16-10-4/h56-58,63H,7-55H2,1-6H3. The number of hydrogen-bond acceptors (Lipinski definition) is 10. The second kappa shape index (κ2) is 55.0. The first-order valence-corrected chi connectivity index (χ1v) is 31.4. The fourth-order valence-corrected chi connectivity index (χ4v) is 9.57. The molecule has 1 N–H and O–H groups in total. The number of nitrogens with one attached hydrogen (secondary N) is 1. The third kappa shape index (κ3) is 48.7. The lowest BCUT2D eigenvalue weighted by Gasteiger charge is -2.19. The number of hydrogen-bond donors (Lipinski definition) is 1. The van der Waals surface area contributed by atoms with Crippen molar-refractivity contribution in [2.24, 2.45) is 5.92 Å². The van der Waals surface area contributed by atoms with Gasteiger partial charge in [-0.1, -0.05) is 196 Å². The topological polar surface area (TPSA) is 120 Å². The molecule has 0 radical (unpaired) electrons. The van der Waals surface area contributed by atoms with Crippen molar-refractivity contribution in [3.8, 4) is 0 Å². The molecule has 72 heavy (non-hydrogen) atoms. The van der Waals surface area contributed by atoms with E-state index in [2.05, 4.69) is 51.8 Å². The summed E-state index contributed by atoms with van der Waals surface area (Å²) in [6.07, 6.45) is 44.1. The second-order valence-electron chi connectivity index (χ2n) is 21.4. The lowest BCUT2D eigenvalue weighted by atomic mass is 10.0. The first kappa shape index (κ1) is 69.8. The molecule has 0 aliphatic rings. The first-order chi connectivity index (χ1) is 35.2. The predicted molar refractivity (Wildman–Crippen MR) is 302 cm³/mol. The van der Waals surface area contributed by atoms with Crippen molar-refractivity contribution in [3.63, 3.8) is 0 Å². The number of nitrogens with zero attached hydrogens (tertiary/aromatic N) is 1. The summed E-state index contributed by atoms with van der Waals surface area (Å²) in [5.41, 5.74) is 0. The van der Waals surface area contributed by atoms with Crippen LogP contribution in [0.5, 0.6) is 0 Å². The summed E-state index contributed by atoms with van der Waals surface area (Å²) in [7, 11) is 0. The van der Waals surface area contributed by atoms with Gasteiger partial charge in [0.25, 0.3) is 0 Å². The van der Waals surface area contributed by atoms with E-state index in [0.29, 0.717) is 32.2 Å². The van der Waals surface area contributed by atoms with Crippen molar-refractivity contribution in [3.05, 3.63) is 0 Å². The molecule has 0 amide bonds. The minimum absolute atomic E-state index is 0.0434. The predicted octanol–water partition coefficient (Wildman–Crippen LogP) is 16.9. The van der Waals surface area contributed by atoms with E-state index in [9.17, 15) is 19.2 Å². The average molecular weight is 1020 g/mol. The normalized spacial score (nSPS) is 11.6. The van der Waals surface area contributed by atoms with Crippen LogP contribution in [-0.4, -0.2) is 86.9 Å². The van der Waals surface area contributed by atoms with Crippen LogP contribution in [0.3, 0.4) is 0 Å². The number of unbranched alkanes of at least 4 members (excludes halogenated alkanes) is 27. The summed E-state index contributed by atoms with van der Waals surface area (Å²) < 4.78 is 23.5. The third-order valence-electron chi connectivity index (χ3n) is 14.5. The maximum atomic E-state index is 12.8. The molecule has 0 aromatic rings. The number of carbonyl (C=O) groups is 4. The maximum absolute atomic E-state index is 12.8. The van der Waals surface area contributed by atoms with E-state index in [0.717, 1.165) is 142 Å². The highest BCUT2D eigenvalue weighted by molar-refractivity contribution is 5.70. The van der Waals surface area contributed by atoms with E-state index in [1.54, 1.807) is 0 Å². The summed E-state index contributed by atoms with van der Waals surface area (Å²) in [6, 6.07) is 0. The molecule has 0 fully saturated rings. The van der Waals surface area contributed by atoms with Gasteiger partial charge < -0.3 is 29.2 Å². The Labute approximate surface area is 445 Å². The quantitative estimate of drug-likeness (QED) is 0.0358. The van der Waals surface area contributed by atoms with Crippen molar-refractivity contribution in [2.45, 2.75) is 323 Å². The minimum Gasteiger partial charge on any atom is -0.465 e. The average Bonchev–Trinajstić information content (AvgIpc) is 3.37. The lowest BCUT2D eigenvalue weighted by molar-refractivity contribution is -0.151. The zero-order valence-electron chi connectivity index (χ0n) is 48.6. The summed E-state index contributed by atoms with van der Waals surface area (Å²) in [5, 5.41) is 3.52. The molecule has 0 unspecified atom stereocenters. The van der Waals surface area contributed by atoms with E-state index in [4.69, 9.17) is 18.9 Å². The molecule has 0 atom stereocenters. The van der Waals surface area contributed by atoms with Crippen LogP contribution < -0.4 is 5.32 Å². The fraction of sp³-hybridized carbons (Fsp3) is 0.935. The summed E-state index contributed by atoms with van der Waals surface area (Å²) in [6.45, 7) is 18.5. The van der Waals surface area contributed by atoms with Gasteiger partial charge in [0.2, 0.25) is 0 Å². The summed E-state index contributed by atoms with van der Waals surface area (Å²) in [4.78, 5) is 53.8. The Hall–Kier alpha value is -2.20. The van der Waals surface area contributed by atoms with Gasteiger partial charge >= 0.3 is 23.9 Å². The van der Waals surface area contributed by atoms with Crippen LogP contribution in [0.25, 0.3) is 0 Å². The molecule has 0 aliphatic heterocycles. The molecule has 0 spiro atoms. The molecule has 0 aromatic carbocycles. The molecular formula is C62H120N2O8. The Morgan fingerprint density at radius 3 is 1.00 bits per heavy atom. The number of carbonyl (C=O) groups excluding carboxylic acids is 4. The van der Waals surface area contributed by atoms with Crippen molar-refractivity contribution in [1.29, 1.82) is 0 Å². The highest BCUT2D eigenvalue weighted by atomic mass is 16.6. The highest BCUT2D eigenvalue weighted by Crippen LogP contribution is 2.20. The van der Waals surface area contributed by atoms with Crippen molar-refractivity contribution in [2.75, 3.05) is 45.9 Å². The van der Waals surface area contributed by atoms with Gasteiger partial charge in [0.15, 0.2) is 0 Å². The van der Waals surface area contributed by atoms with E-state index < -0.39 is 0 Å². The van der Waals surface area contributed by atoms with Gasteiger partial charge in [0, 0.05) is 38.1 Å². The number of ether oxygens (including phenoxy) is 4. The molecule has 426 valence electrons. The van der Waals surface area contributed by atoms with E-state index in [-0.39, 0.29) is 55.2 Å².